The maximum atomic E-state index is 13.4. The molecule has 4 rings (SSSR count). The van der Waals surface area contributed by atoms with E-state index in [1.54, 1.807) is 18.2 Å². The van der Waals surface area contributed by atoms with Gasteiger partial charge >= 0.3 is 0 Å². The van der Waals surface area contributed by atoms with E-state index in [9.17, 15) is 9.18 Å². The second kappa shape index (κ2) is 8.67. The summed E-state index contributed by atoms with van der Waals surface area (Å²) in [6.45, 7) is 2.95. The largest absolute Gasteiger partial charge is 0.474 e. The van der Waals surface area contributed by atoms with Crippen LogP contribution in [0.15, 0.2) is 36.4 Å². The van der Waals surface area contributed by atoms with E-state index >= 15 is 0 Å². The third kappa shape index (κ3) is 4.87. The molecule has 1 fully saturated rings. The van der Waals surface area contributed by atoms with Gasteiger partial charge in [0.2, 0.25) is 0 Å². The third-order valence-electron chi connectivity index (χ3n) is 5.07. The van der Waals surface area contributed by atoms with Crippen LogP contribution in [0.4, 0.5) is 4.39 Å². The van der Waals surface area contributed by atoms with E-state index in [1.165, 1.54) is 12.1 Å². The number of nitrogens with zero attached hydrogens (tertiary/aromatic N) is 1. The molecular weight excluding hydrogens is 397 g/mol. The summed E-state index contributed by atoms with van der Waals surface area (Å²) in [7, 11) is 0. The van der Waals surface area contributed by atoms with Gasteiger partial charge in [0.1, 0.15) is 11.6 Å². The van der Waals surface area contributed by atoms with Crippen LogP contribution in [-0.2, 0) is 17.7 Å². The van der Waals surface area contributed by atoms with E-state index in [2.05, 4.69) is 10.2 Å². The zero-order valence-electron chi connectivity index (χ0n) is 15.9. The van der Waals surface area contributed by atoms with Gasteiger partial charge < -0.3 is 14.8 Å². The summed E-state index contributed by atoms with van der Waals surface area (Å²) in [5.41, 5.74) is 7.97. The predicted molar refractivity (Wildman–Crippen MR) is 108 cm³/mol. The summed E-state index contributed by atoms with van der Waals surface area (Å²) in [4.78, 5) is 14.9. The Balaban J connectivity index is 1.35. The fourth-order valence-electron chi connectivity index (χ4n) is 3.76. The molecule has 0 spiro atoms. The smallest absolute Gasteiger partial charge is 0.255 e. The summed E-state index contributed by atoms with van der Waals surface area (Å²) in [5.74, 6) is -0.0176. The average Bonchev–Trinajstić information content (AvgIpc) is 3.05. The van der Waals surface area contributed by atoms with E-state index in [0.29, 0.717) is 49.0 Å². The molecule has 0 bridgehead atoms. The Morgan fingerprint density at radius 1 is 1.34 bits per heavy atom. The first kappa shape index (κ1) is 20.1. The van der Waals surface area contributed by atoms with E-state index in [0.717, 1.165) is 17.7 Å². The number of hydrogen-bond donors (Lipinski definition) is 2. The van der Waals surface area contributed by atoms with Crippen LogP contribution in [0.3, 0.4) is 0 Å². The molecule has 2 atom stereocenters. The SMILES string of the molecule is NC1Cc2cc(Cl)cc(C(=O)NCC3CN(Cc4cccc(F)c4)CCO3)c2O1. The highest BCUT2D eigenvalue weighted by molar-refractivity contribution is 6.31. The molecule has 2 aromatic carbocycles. The second-order valence-electron chi connectivity index (χ2n) is 7.37. The summed E-state index contributed by atoms with van der Waals surface area (Å²) >= 11 is 6.14. The zero-order valence-corrected chi connectivity index (χ0v) is 16.6. The molecule has 6 nitrogen and oxygen atoms in total. The first-order chi connectivity index (χ1) is 14.0. The number of hydrogen-bond acceptors (Lipinski definition) is 5. The van der Waals surface area contributed by atoms with Crippen molar-refractivity contribution in [3.05, 3.63) is 63.9 Å². The van der Waals surface area contributed by atoms with E-state index in [-0.39, 0.29) is 17.8 Å². The number of carbonyl (C=O) groups is 1. The standard InChI is InChI=1S/C21H23ClFN3O3/c22-15-7-14-8-19(24)29-20(14)18(9-15)21(27)25-10-17-12-26(4-5-28-17)11-13-2-1-3-16(23)6-13/h1-3,6-7,9,17,19H,4-5,8,10-12,24H2,(H,25,27). The van der Waals surface area contributed by atoms with Crippen molar-refractivity contribution in [1.82, 2.24) is 10.2 Å². The highest BCUT2D eigenvalue weighted by Gasteiger charge is 2.27. The molecule has 29 heavy (non-hydrogen) atoms. The molecule has 0 aromatic heterocycles. The number of fused-ring (bicyclic) bond motifs is 1. The molecule has 3 N–H and O–H groups in total. The van der Waals surface area contributed by atoms with Gasteiger partial charge in [-0.2, -0.15) is 0 Å². The van der Waals surface area contributed by atoms with Gasteiger partial charge in [0.15, 0.2) is 6.23 Å². The number of ether oxygens (including phenoxy) is 2. The van der Waals surface area contributed by atoms with Crippen LogP contribution in [-0.4, -0.2) is 49.4 Å². The van der Waals surface area contributed by atoms with Crippen molar-refractivity contribution < 1.29 is 18.7 Å². The van der Waals surface area contributed by atoms with Gasteiger partial charge in [-0.3, -0.25) is 15.4 Å². The van der Waals surface area contributed by atoms with Crippen molar-refractivity contribution in [1.29, 1.82) is 0 Å². The van der Waals surface area contributed by atoms with Crippen LogP contribution < -0.4 is 15.8 Å². The lowest BCUT2D eigenvalue weighted by atomic mass is 10.1. The quantitative estimate of drug-likeness (QED) is 0.777. The highest BCUT2D eigenvalue weighted by atomic mass is 35.5. The zero-order chi connectivity index (χ0) is 20.4. The predicted octanol–water partition coefficient (Wildman–Crippen LogP) is 2.33. The average molecular weight is 420 g/mol. The van der Waals surface area contributed by atoms with E-state index in [1.807, 2.05) is 6.07 Å². The van der Waals surface area contributed by atoms with Crippen LogP contribution in [0, 0.1) is 5.82 Å². The van der Waals surface area contributed by atoms with Gasteiger partial charge in [-0.15, -0.1) is 0 Å². The molecule has 2 heterocycles. The van der Waals surface area contributed by atoms with Crippen molar-refractivity contribution in [2.75, 3.05) is 26.2 Å². The Labute approximate surface area is 173 Å². The Hall–Kier alpha value is -2.19. The summed E-state index contributed by atoms with van der Waals surface area (Å²) in [6.07, 6.45) is -0.0959. The first-order valence-electron chi connectivity index (χ1n) is 9.59. The number of rotatable bonds is 5. The van der Waals surface area contributed by atoms with Crippen LogP contribution in [0.1, 0.15) is 21.5 Å². The van der Waals surface area contributed by atoms with Gasteiger partial charge in [-0.25, -0.2) is 4.39 Å². The Kier molecular flexibility index (Phi) is 6.01. The maximum absolute atomic E-state index is 13.4. The lowest BCUT2D eigenvalue weighted by Gasteiger charge is -2.33. The van der Waals surface area contributed by atoms with Gasteiger partial charge in [-0.05, 0) is 29.8 Å². The Morgan fingerprint density at radius 2 is 2.21 bits per heavy atom. The van der Waals surface area contributed by atoms with Crippen LogP contribution in [0.2, 0.25) is 5.02 Å². The fourth-order valence-corrected chi connectivity index (χ4v) is 4.00. The van der Waals surface area contributed by atoms with E-state index < -0.39 is 6.23 Å². The maximum Gasteiger partial charge on any atom is 0.255 e. The minimum Gasteiger partial charge on any atom is -0.474 e. The lowest BCUT2D eigenvalue weighted by Crippen LogP contribution is -2.47. The summed E-state index contributed by atoms with van der Waals surface area (Å²) < 4.78 is 24.8. The molecule has 0 saturated carbocycles. The molecule has 1 amide bonds. The van der Waals surface area contributed by atoms with Crippen LogP contribution in [0.25, 0.3) is 0 Å². The van der Waals surface area contributed by atoms with E-state index in [4.69, 9.17) is 26.8 Å². The van der Waals surface area contributed by atoms with Crippen molar-refractivity contribution in [2.45, 2.75) is 25.3 Å². The number of nitrogens with one attached hydrogen (secondary N) is 1. The van der Waals surface area contributed by atoms with Crippen LogP contribution >= 0.6 is 11.6 Å². The molecule has 2 aliphatic rings. The number of carbonyl (C=O) groups excluding carboxylic acids is 1. The Bertz CT molecular complexity index is 911. The fraction of sp³-hybridized carbons (Fsp3) is 0.381. The molecule has 0 aliphatic carbocycles. The normalized spacial score (nSPS) is 21.5. The summed E-state index contributed by atoms with van der Waals surface area (Å²) in [5, 5.41) is 3.38. The van der Waals surface area contributed by atoms with Crippen molar-refractivity contribution in [2.24, 2.45) is 5.73 Å². The molecule has 154 valence electrons. The Morgan fingerprint density at radius 3 is 3.03 bits per heavy atom. The number of benzene rings is 2. The first-order valence-corrected chi connectivity index (χ1v) is 9.97. The lowest BCUT2D eigenvalue weighted by molar-refractivity contribution is -0.0293. The number of morpholine rings is 1. The number of nitrogens with two attached hydrogens (primary N) is 1. The van der Waals surface area contributed by atoms with Crippen molar-refractivity contribution in [3.8, 4) is 5.75 Å². The molecule has 1 saturated heterocycles. The van der Waals surface area contributed by atoms with Gasteiger partial charge in [0, 0.05) is 43.2 Å². The summed E-state index contributed by atoms with van der Waals surface area (Å²) in [6, 6.07) is 9.95. The molecule has 2 unspecified atom stereocenters. The highest BCUT2D eigenvalue weighted by Crippen LogP contribution is 2.34. The van der Waals surface area contributed by atoms with Crippen molar-refractivity contribution in [3.63, 3.8) is 0 Å². The number of halogens is 2. The second-order valence-corrected chi connectivity index (χ2v) is 7.81. The van der Waals surface area contributed by atoms with Gasteiger partial charge in [0.25, 0.3) is 5.91 Å². The van der Waals surface area contributed by atoms with Gasteiger partial charge in [-0.1, -0.05) is 23.7 Å². The number of amides is 1. The molecule has 8 heteroatoms. The topological polar surface area (TPSA) is 76.8 Å². The third-order valence-corrected chi connectivity index (χ3v) is 5.29. The van der Waals surface area contributed by atoms with Gasteiger partial charge in [0.05, 0.1) is 18.3 Å². The minimum absolute atomic E-state index is 0.156. The molecule has 2 aromatic rings. The van der Waals surface area contributed by atoms with Crippen LogP contribution in [0.5, 0.6) is 5.75 Å². The molecular formula is C21H23ClFN3O3. The molecule has 0 radical (unpaired) electrons. The molecule has 2 aliphatic heterocycles. The minimum atomic E-state index is -0.465. The monoisotopic (exact) mass is 419 g/mol. The van der Waals surface area contributed by atoms with Crippen molar-refractivity contribution >= 4 is 17.5 Å².